The van der Waals surface area contributed by atoms with Gasteiger partial charge in [-0.25, -0.2) is 4.68 Å². The van der Waals surface area contributed by atoms with Gasteiger partial charge >= 0.3 is 0 Å². The van der Waals surface area contributed by atoms with E-state index in [1.165, 1.54) is 5.56 Å². The van der Waals surface area contributed by atoms with Crippen molar-refractivity contribution in [3.05, 3.63) is 70.9 Å². The summed E-state index contributed by atoms with van der Waals surface area (Å²) in [7, 11) is 0. The number of hydrogen-bond acceptors (Lipinski definition) is 3. The van der Waals surface area contributed by atoms with Crippen LogP contribution in [-0.2, 0) is 11.2 Å². The molecule has 1 aromatic heterocycles. The molecule has 0 radical (unpaired) electrons. The van der Waals surface area contributed by atoms with E-state index in [2.05, 4.69) is 31.3 Å². The van der Waals surface area contributed by atoms with Crippen LogP contribution < -0.4 is 10.1 Å². The van der Waals surface area contributed by atoms with Crippen molar-refractivity contribution in [1.29, 1.82) is 0 Å². The first-order valence-corrected chi connectivity index (χ1v) is 10.2. The molecule has 150 valence electrons. The summed E-state index contributed by atoms with van der Waals surface area (Å²) in [6.45, 7) is 6.08. The average Bonchev–Trinajstić information content (AvgIpc) is 3.45. The number of amides is 1. The summed E-state index contributed by atoms with van der Waals surface area (Å²) in [5, 5.41) is 7.80. The van der Waals surface area contributed by atoms with E-state index in [9.17, 15) is 4.79 Å². The Labute approximate surface area is 171 Å². The number of aryl methyl sites for hydroxylation is 3. The van der Waals surface area contributed by atoms with Gasteiger partial charge in [0.15, 0.2) is 0 Å². The lowest BCUT2D eigenvalue weighted by Crippen LogP contribution is -2.25. The Morgan fingerprint density at radius 2 is 1.86 bits per heavy atom. The average molecular weight is 389 g/mol. The van der Waals surface area contributed by atoms with Crippen LogP contribution in [0.15, 0.2) is 48.5 Å². The monoisotopic (exact) mass is 389 g/mol. The Bertz CT molecular complexity index is 1020. The lowest BCUT2D eigenvalue weighted by Gasteiger charge is -2.12. The van der Waals surface area contributed by atoms with E-state index in [4.69, 9.17) is 9.84 Å². The summed E-state index contributed by atoms with van der Waals surface area (Å²) in [5.74, 6) is 1.53. The first kappa shape index (κ1) is 19.2. The molecule has 0 atom stereocenters. The van der Waals surface area contributed by atoms with Gasteiger partial charge < -0.3 is 10.1 Å². The molecule has 0 bridgehead atoms. The Morgan fingerprint density at radius 3 is 2.55 bits per heavy atom. The van der Waals surface area contributed by atoms with Crippen LogP contribution in [0, 0.1) is 20.8 Å². The van der Waals surface area contributed by atoms with Crippen molar-refractivity contribution in [3.8, 4) is 17.3 Å². The molecule has 0 unspecified atom stereocenters. The van der Waals surface area contributed by atoms with Crippen molar-refractivity contribution in [2.24, 2.45) is 0 Å². The van der Waals surface area contributed by atoms with Crippen molar-refractivity contribution in [2.45, 2.75) is 52.5 Å². The zero-order chi connectivity index (χ0) is 20.4. The van der Waals surface area contributed by atoms with E-state index in [0.29, 0.717) is 24.8 Å². The second kappa shape index (κ2) is 8.11. The van der Waals surface area contributed by atoms with E-state index in [1.54, 1.807) is 0 Å². The number of nitrogens with one attached hydrogen (secondary N) is 1. The topological polar surface area (TPSA) is 56.1 Å². The molecule has 1 aliphatic carbocycles. The first-order valence-electron chi connectivity index (χ1n) is 10.2. The second-order valence-electron chi connectivity index (χ2n) is 7.88. The third-order valence-corrected chi connectivity index (χ3v) is 5.16. The molecule has 1 heterocycles. The van der Waals surface area contributed by atoms with E-state index >= 15 is 0 Å². The lowest BCUT2D eigenvalue weighted by atomic mass is 10.1. The van der Waals surface area contributed by atoms with Gasteiger partial charge in [-0.05, 0) is 69.9 Å². The molecule has 1 aliphatic rings. The van der Waals surface area contributed by atoms with Crippen LogP contribution >= 0.6 is 0 Å². The number of hydrogen-bond donors (Lipinski definition) is 1. The molecule has 0 saturated heterocycles. The highest BCUT2D eigenvalue weighted by molar-refractivity contribution is 5.77. The molecule has 1 N–H and O–H groups in total. The maximum Gasteiger partial charge on any atom is 0.226 e. The van der Waals surface area contributed by atoms with Crippen molar-refractivity contribution in [1.82, 2.24) is 15.1 Å². The third-order valence-electron chi connectivity index (χ3n) is 5.16. The Balaban J connectivity index is 1.66. The minimum Gasteiger partial charge on any atom is -0.439 e. The highest BCUT2D eigenvalue weighted by Crippen LogP contribution is 2.32. The minimum atomic E-state index is 0.0940. The van der Waals surface area contributed by atoms with Crippen LogP contribution in [0.3, 0.4) is 0 Å². The van der Waals surface area contributed by atoms with Gasteiger partial charge in [-0.3, -0.25) is 4.79 Å². The molecule has 2 aromatic carbocycles. The first-order chi connectivity index (χ1) is 14.0. The molecule has 29 heavy (non-hydrogen) atoms. The maximum atomic E-state index is 12.2. The van der Waals surface area contributed by atoms with Crippen molar-refractivity contribution < 1.29 is 9.53 Å². The number of carbonyl (C=O) groups excluding carboxylic acids is 1. The van der Waals surface area contributed by atoms with Gasteiger partial charge in [-0.2, -0.15) is 5.10 Å². The van der Waals surface area contributed by atoms with Crippen LogP contribution in [0.1, 0.15) is 41.6 Å². The quantitative estimate of drug-likeness (QED) is 0.631. The second-order valence-corrected chi connectivity index (χ2v) is 7.88. The number of benzene rings is 2. The minimum absolute atomic E-state index is 0.0940. The van der Waals surface area contributed by atoms with Crippen molar-refractivity contribution >= 4 is 5.91 Å². The highest BCUT2D eigenvalue weighted by atomic mass is 16.5. The van der Waals surface area contributed by atoms with Gasteiger partial charge in [0.1, 0.15) is 5.75 Å². The Hall–Kier alpha value is -3.08. The van der Waals surface area contributed by atoms with Crippen LogP contribution in [0.25, 0.3) is 5.69 Å². The van der Waals surface area contributed by atoms with E-state index in [1.807, 2.05) is 48.0 Å². The fourth-order valence-corrected chi connectivity index (χ4v) is 3.35. The number of aromatic nitrogens is 2. The van der Waals surface area contributed by atoms with Gasteiger partial charge in [0.05, 0.1) is 11.4 Å². The standard InChI is InChI=1S/C24H27N3O2/c1-16-7-11-21(12-8-16)29-24-22(13-14-23(28)25-19-9-10-19)18(3)26-27(24)20-6-4-5-17(2)15-20/h4-8,11-12,15,19H,9-10,13-14H2,1-3H3,(H,25,28). The largest absolute Gasteiger partial charge is 0.439 e. The lowest BCUT2D eigenvalue weighted by molar-refractivity contribution is -0.121. The smallest absolute Gasteiger partial charge is 0.226 e. The molecule has 5 heteroatoms. The molecule has 1 fully saturated rings. The van der Waals surface area contributed by atoms with Crippen LogP contribution in [-0.4, -0.2) is 21.7 Å². The summed E-state index contributed by atoms with van der Waals surface area (Å²) in [6, 6.07) is 16.5. The Kier molecular flexibility index (Phi) is 5.38. The fraction of sp³-hybridized carbons (Fsp3) is 0.333. The number of ether oxygens (including phenoxy) is 1. The normalized spacial score (nSPS) is 13.3. The van der Waals surface area contributed by atoms with Crippen LogP contribution in [0.5, 0.6) is 11.6 Å². The maximum absolute atomic E-state index is 12.2. The molecular formula is C24H27N3O2. The highest BCUT2D eigenvalue weighted by Gasteiger charge is 2.24. The summed E-state index contributed by atoms with van der Waals surface area (Å²) in [6.07, 6.45) is 3.22. The molecule has 0 aliphatic heterocycles. The number of nitrogens with zero attached hydrogens (tertiary/aromatic N) is 2. The third kappa shape index (κ3) is 4.67. The Morgan fingerprint density at radius 1 is 1.10 bits per heavy atom. The van der Waals surface area contributed by atoms with Gasteiger partial charge in [0.25, 0.3) is 0 Å². The number of rotatable bonds is 7. The number of carbonyl (C=O) groups is 1. The summed E-state index contributed by atoms with van der Waals surface area (Å²) in [4.78, 5) is 12.2. The fourth-order valence-electron chi connectivity index (χ4n) is 3.35. The summed E-state index contributed by atoms with van der Waals surface area (Å²) < 4.78 is 8.15. The molecule has 3 aromatic rings. The summed E-state index contributed by atoms with van der Waals surface area (Å²) in [5.41, 5.74) is 5.13. The predicted molar refractivity (Wildman–Crippen MR) is 114 cm³/mol. The van der Waals surface area contributed by atoms with Gasteiger partial charge in [0, 0.05) is 18.0 Å². The molecule has 1 amide bonds. The van der Waals surface area contributed by atoms with Gasteiger partial charge in [0.2, 0.25) is 11.8 Å². The van der Waals surface area contributed by atoms with E-state index in [0.717, 1.165) is 41.1 Å². The van der Waals surface area contributed by atoms with Crippen LogP contribution in [0.2, 0.25) is 0 Å². The SMILES string of the molecule is Cc1ccc(Oc2c(CCC(=O)NC3CC3)c(C)nn2-c2cccc(C)c2)cc1. The van der Waals surface area contributed by atoms with Crippen molar-refractivity contribution in [2.75, 3.05) is 0 Å². The van der Waals surface area contributed by atoms with Crippen molar-refractivity contribution in [3.63, 3.8) is 0 Å². The van der Waals surface area contributed by atoms with Gasteiger partial charge in [-0.1, -0.05) is 29.8 Å². The van der Waals surface area contributed by atoms with E-state index in [-0.39, 0.29) is 5.91 Å². The summed E-state index contributed by atoms with van der Waals surface area (Å²) >= 11 is 0. The molecule has 0 spiro atoms. The zero-order valence-corrected chi connectivity index (χ0v) is 17.2. The zero-order valence-electron chi connectivity index (χ0n) is 17.2. The molecular weight excluding hydrogens is 362 g/mol. The van der Waals surface area contributed by atoms with Crippen LogP contribution in [0.4, 0.5) is 0 Å². The molecule has 1 saturated carbocycles. The molecule has 5 nitrogen and oxygen atoms in total. The van der Waals surface area contributed by atoms with Gasteiger partial charge in [-0.15, -0.1) is 0 Å². The van der Waals surface area contributed by atoms with E-state index < -0.39 is 0 Å². The predicted octanol–water partition coefficient (Wildman–Crippen LogP) is 4.80. The molecule has 4 rings (SSSR count).